The van der Waals surface area contributed by atoms with Crippen molar-refractivity contribution < 1.29 is 14.4 Å². The SMILES string of the molecule is O=C(Nc1cc(C(=O)Nc2ncc[nH]2)c2nc(NC(=O)c3cc4ccccc4cn3)[nH]c2c1)SS. The first-order valence-electron chi connectivity index (χ1n) is 10.1. The number of pyridine rings is 1. The normalized spacial score (nSPS) is 10.9. The average molecular weight is 505 g/mol. The van der Waals surface area contributed by atoms with Crippen molar-refractivity contribution in [3.8, 4) is 0 Å². The number of nitrogens with one attached hydrogen (secondary N) is 5. The van der Waals surface area contributed by atoms with Crippen LogP contribution in [0.15, 0.2) is 61.1 Å². The third-order valence-corrected chi connectivity index (χ3v) is 5.75. The van der Waals surface area contributed by atoms with Gasteiger partial charge in [0.2, 0.25) is 11.9 Å². The maximum Gasteiger partial charge on any atom is 0.293 e. The molecule has 0 saturated carbocycles. The molecule has 0 atom stereocenters. The number of aromatic amines is 2. The van der Waals surface area contributed by atoms with Crippen molar-refractivity contribution in [3.63, 3.8) is 0 Å². The van der Waals surface area contributed by atoms with Crippen LogP contribution in [-0.4, -0.2) is 42.0 Å². The average Bonchev–Trinajstić information content (AvgIpc) is 3.52. The maximum atomic E-state index is 13.0. The molecule has 0 radical (unpaired) electrons. The maximum absolute atomic E-state index is 13.0. The number of hydrogen-bond acceptors (Lipinski definition) is 8. The molecule has 0 aliphatic heterocycles. The van der Waals surface area contributed by atoms with E-state index in [1.54, 1.807) is 24.5 Å². The second-order valence-corrected chi connectivity index (χ2v) is 8.37. The highest BCUT2D eigenvalue weighted by atomic mass is 33.1. The van der Waals surface area contributed by atoms with Gasteiger partial charge in [0.25, 0.3) is 17.1 Å². The lowest BCUT2D eigenvalue weighted by Gasteiger charge is -2.07. The molecule has 0 bridgehead atoms. The number of aromatic nitrogens is 5. The molecule has 0 unspecified atom stereocenters. The molecule has 0 spiro atoms. The largest absolute Gasteiger partial charge is 0.331 e. The van der Waals surface area contributed by atoms with Crippen molar-refractivity contribution in [2.45, 2.75) is 0 Å². The van der Waals surface area contributed by atoms with E-state index in [0.717, 1.165) is 10.8 Å². The smallest absolute Gasteiger partial charge is 0.293 e. The minimum Gasteiger partial charge on any atom is -0.331 e. The molecule has 5 rings (SSSR count). The van der Waals surface area contributed by atoms with Crippen LogP contribution < -0.4 is 16.0 Å². The first kappa shape index (κ1) is 22.4. The summed E-state index contributed by atoms with van der Waals surface area (Å²) in [5, 5.41) is 9.28. The second-order valence-electron chi connectivity index (χ2n) is 7.27. The number of amides is 3. The molecular weight excluding hydrogens is 488 g/mol. The van der Waals surface area contributed by atoms with Crippen LogP contribution >= 0.6 is 22.5 Å². The molecule has 13 heteroatoms. The molecule has 11 nitrogen and oxygen atoms in total. The number of carbonyl (C=O) groups excluding carboxylic acids is 3. The Labute approximate surface area is 206 Å². The van der Waals surface area contributed by atoms with E-state index in [0.29, 0.717) is 22.0 Å². The lowest BCUT2D eigenvalue weighted by atomic mass is 10.1. The van der Waals surface area contributed by atoms with Crippen molar-refractivity contribution in [2.75, 3.05) is 16.0 Å². The highest BCUT2D eigenvalue weighted by Gasteiger charge is 2.19. The fourth-order valence-electron chi connectivity index (χ4n) is 3.45. The third kappa shape index (κ3) is 4.81. The van der Waals surface area contributed by atoms with E-state index >= 15 is 0 Å². The summed E-state index contributed by atoms with van der Waals surface area (Å²) in [5.74, 6) is -0.634. The van der Waals surface area contributed by atoms with E-state index in [9.17, 15) is 14.4 Å². The van der Waals surface area contributed by atoms with Crippen LogP contribution in [0.2, 0.25) is 0 Å². The Morgan fingerprint density at radius 3 is 2.49 bits per heavy atom. The Balaban J connectivity index is 1.48. The molecule has 5 N–H and O–H groups in total. The monoisotopic (exact) mass is 504 g/mol. The number of H-pyrrole nitrogens is 2. The van der Waals surface area contributed by atoms with Crippen LogP contribution in [0, 0.1) is 0 Å². The van der Waals surface area contributed by atoms with Gasteiger partial charge >= 0.3 is 0 Å². The Kier molecular flexibility index (Phi) is 6.08. The van der Waals surface area contributed by atoms with Crippen molar-refractivity contribution >= 4 is 78.9 Å². The van der Waals surface area contributed by atoms with Gasteiger partial charge in [0, 0.05) is 40.5 Å². The van der Waals surface area contributed by atoms with E-state index in [-0.39, 0.29) is 28.7 Å². The van der Waals surface area contributed by atoms with E-state index in [2.05, 4.69) is 52.5 Å². The van der Waals surface area contributed by atoms with Gasteiger partial charge in [-0.2, -0.15) is 0 Å². The zero-order valence-electron chi connectivity index (χ0n) is 17.7. The van der Waals surface area contributed by atoms with E-state index in [4.69, 9.17) is 0 Å². The number of imidazole rings is 2. The summed E-state index contributed by atoms with van der Waals surface area (Å²) in [6.07, 6.45) is 4.68. The van der Waals surface area contributed by atoms with E-state index in [1.165, 1.54) is 12.3 Å². The van der Waals surface area contributed by atoms with Gasteiger partial charge < -0.3 is 15.3 Å². The van der Waals surface area contributed by atoms with Gasteiger partial charge in [-0.3, -0.25) is 30.0 Å². The predicted octanol–water partition coefficient (Wildman–Crippen LogP) is 4.45. The molecule has 174 valence electrons. The highest BCUT2D eigenvalue weighted by Crippen LogP contribution is 2.26. The van der Waals surface area contributed by atoms with Gasteiger partial charge in [-0.15, -0.1) is 11.7 Å². The zero-order valence-corrected chi connectivity index (χ0v) is 19.4. The fraction of sp³-hybridized carbons (Fsp3) is 0. The van der Waals surface area contributed by atoms with Gasteiger partial charge in [-0.05, 0) is 23.6 Å². The molecule has 5 aromatic rings. The molecule has 3 aromatic heterocycles. The minimum absolute atomic E-state index is 0.110. The summed E-state index contributed by atoms with van der Waals surface area (Å²) >= 11 is 3.88. The second kappa shape index (κ2) is 9.48. The van der Waals surface area contributed by atoms with E-state index < -0.39 is 17.1 Å². The number of carbonyl (C=O) groups is 3. The number of anilines is 3. The number of rotatable bonds is 5. The van der Waals surface area contributed by atoms with Crippen LogP contribution in [0.3, 0.4) is 0 Å². The molecule has 0 fully saturated rings. The summed E-state index contributed by atoms with van der Waals surface area (Å²) < 4.78 is 0. The molecule has 35 heavy (non-hydrogen) atoms. The quantitative estimate of drug-likeness (QED) is 0.152. The summed E-state index contributed by atoms with van der Waals surface area (Å²) in [6, 6.07) is 12.3. The summed E-state index contributed by atoms with van der Waals surface area (Å²) in [7, 11) is 0.694. The van der Waals surface area contributed by atoms with Crippen LogP contribution in [0.5, 0.6) is 0 Å². The fourth-order valence-corrected chi connectivity index (χ4v) is 3.75. The van der Waals surface area contributed by atoms with Gasteiger partial charge in [-0.1, -0.05) is 24.3 Å². The summed E-state index contributed by atoms with van der Waals surface area (Å²) in [5.41, 5.74) is 1.40. The predicted molar refractivity (Wildman–Crippen MR) is 138 cm³/mol. The Bertz CT molecular complexity index is 1580. The first-order valence-corrected chi connectivity index (χ1v) is 12.0. The standard InChI is InChI=1S/C22H16N8O3S2/c31-18(29-20-23-5-6-24-20)14-8-13(26-22(33)35-34)9-15-17(14)28-21(27-15)30-19(32)16-7-11-3-1-2-4-12(11)10-25-16/h1-10,34H,(H,26,33)(H2,23,24,29,31)(H2,27,28,30,32). The van der Waals surface area contributed by atoms with Crippen molar-refractivity contribution in [3.05, 3.63) is 72.3 Å². The number of thiol groups is 1. The summed E-state index contributed by atoms with van der Waals surface area (Å²) in [6.45, 7) is 0. The first-order chi connectivity index (χ1) is 17.0. The summed E-state index contributed by atoms with van der Waals surface area (Å²) in [4.78, 5) is 55.9. The molecule has 3 amide bonds. The van der Waals surface area contributed by atoms with Crippen LogP contribution in [-0.2, 0) is 0 Å². The molecule has 0 aliphatic rings. The molecule has 3 heterocycles. The van der Waals surface area contributed by atoms with Crippen molar-refractivity contribution in [1.29, 1.82) is 0 Å². The van der Waals surface area contributed by atoms with Crippen LogP contribution in [0.1, 0.15) is 20.8 Å². The zero-order chi connectivity index (χ0) is 24.4. The minimum atomic E-state index is -0.514. The molecule has 0 aliphatic carbocycles. The number of fused-ring (bicyclic) bond motifs is 2. The van der Waals surface area contributed by atoms with Crippen molar-refractivity contribution in [1.82, 2.24) is 24.9 Å². The Hall–Kier alpha value is -4.36. The lowest BCUT2D eigenvalue weighted by Crippen LogP contribution is -2.15. The molecule has 0 saturated heterocycles. The number of hydrogen-bond donors (Lipinski definition) is 6. The lowest BCUT2D eigenvalue weighted by molar-refractivity contribution is 0.101. The van der Waals surface area contributed by atoms with Gasteiger partial charge in [0.1, 0.15) is 11.2 Å². The van der Waals surface area contributed by atoms with Crippen molar-refractivity contribution in [2.24, 2.45) is 0 Å². The third-order valence-electron chi connectivity index (χ3n) is 4.99. The van der Waals surface area contributed by atoms with E-state index in [1.807, 2.05) is 24.3 Å². The van der Waals surface area contributed by atoms with Crippen LogP contribution in [0.25, 0.3) is 21.8 Å². The van der Waals surface area contributed by atoms with Gasteiger partial charge in [0.15, 0.2) is 0 Å². The number of nitrogens with zero attached hydrogens (tertiary/aromatic N) is 3. The highest BCUT2D eigenvalue weighted by molar-refractivity contribution is 8.74. The Morgan fingerprint density at radius 1 is 0.914 bits per heavy atom. The van der Waals surface area contributed by atoms with Crippen LogP contribution in [0.4, 0.5) is 22.4 Å². The molecular formula is C22H16N8O3S2. The topological polar surface area (TPSA) is 158 Å². The molecule has 2 aromatic carbocycles. The van der Waals surface area contributed by atoms with Gasteiger partial charge in [0.05, 0.1) is 11.1 Å². The Morgan fingerprint density at radius 2 is 1.71 bits per heavy atom. The van der Waals surface area contributed by atoms with Gasteiger partial charge in [-0.25, -0.2) is 9.97 Å². The number of benzene rings is 2.